The van der Waals surface area contributed by atoms with Crippen molar-refractivity contribution in [2.75, 3.05) is 6.54 Å². The van der Waals surface area contributed by atoms with Gasteiger partial charge in [-0.15, -0.1) is 0 Å². The lowest BCUT2D eigenvalue weighted by molar-refractivity contribution is 0.581. The second-order valence-corrected chi connectivity index (χ2v) is 3.66. The summed E-state index contributed by atoms with van der Waals surface area (Å²) < 4.78 is 2.22. The Morgan fingerprint density at radius 3 is 2.85 bits per heavy atom. The zero-order chi connectivity index (χ0) is 9.68. The molecule has 0 fully saturated rings. The second kappa shape index (κ2) is 5.02. The lowest BCUT2D eigenvalue weighted by Crippen LogP contribution is -2.06. The van der Waals surface area contributed by atoms with Crippen LogP contribution in [0.15, 0.2) is 12.5 Å². The molecule has 0 bridgehead atoms. The van der Waals surface area contributed by atoms with Crippen LogP contribution in [0.1, 0.15) is 38.3 Å². The van der Waals surface area contributed by atoms with Crippen molar-refractivity contribution in [3.63, 3.8) is 0 Å². The third-order valence-corrected chi connectivity index (χ3v) is 2.19. The van der Waals surface area contributed by atoms with Crippen molar-refractivity contribution in [3.8, 4) is 0 Å². The molecular weight excluding hydrogens is 162 g/mol. The fourth-order valence-electron chi connectivity index (χ4n) is 1.43. The van der Waals surface area contributed by atoms with Crippen molar-refractivity contribution < 1.29 is 0 Å². The monoisotopic (exact) mass is 181 g/mol. The lowest BCUT2D eigenvalue weighted by atomic mass is 10.1. The average Bonchev–Trinajstić information content (AvgIpc) is 2.53. The van der Waals surface area contributed by atoms with Gasteiger partial charge in [0.05, 0.1) is 6.33 Å². The lowest BCUT2D eigenvalue weighted by Gasteiger charge is -2.09. The van der Waals surface area contributed by atoms with Crippen LogP contribution in [0, 0.1) is 0 Å². The summed E-state index contributed by atoms with van der Waals surface area (Å²) in [7, 11) is 0. The Bertz CT molecular complexity index is 240. The topological polar surface area (TPSA) is 43.8 Å². The Labute approximate surface area is 80.0 Å². The number of nitrogens with zero attached hydrogens (tertiary/aromatic N) is 2. The molecule has 0 aliphatic carbocycles. The van der Waals surface area contributed by atoms with Crippen LogP contribution in [0.2, 0.25) is 0 Å². The van der Waals surface area contributed by atoms with E-state index in [4.69, 9.17) is 5.73 Å². The van der Waals surface area contributed by atoms with Crippen LogP contribution in [-0.4, -0.2) is 16.1 Å². The smallest absolute Gasteiger partial charge is 0.0948 e. The molecule has 0 saturated heterocycles. The summed E-state index contributed by atoms with van der Waals surface area (Å²) in [5, 5.41) is 0. The Balaban J connectivity index is 2.50. The first-order valence-corrected chi connectivity index (χ1v) is 4.95. The van der Waals surface area contributed by atoms with E-state index in [9.17, 15) is 0 Å². The molecule has 0 unspecified atom stereocenters. The molecule has 1 heterocycles. The summed E-state index contributed by atoms with van der Waals surface area (Å²) in [6, 6.07) is 0. The first kappa shape index (κ1) is 10.3. The highest BCUT2D eigenvalue weighted by atomic mass is 15.0. The zero-order valence-corrected chi connectivity index (χ0v) is 8.53. The molecule has 0 spiro atoms. The average molecular weight is 181 g/mol. The van der Waals surface area contributed by atoms with Crippen molar-refractivity contribution in [2.45, 2.75) is 39.2 Å². The van der Waals surface area contributed by atoms with Gasteiger partial charge in [-0.25, -0.2) is 4.98 Å². The van der Waals surface area contributed by atoms with Gasteiger partial charge in [-0.2, -0.15) is 0 Å². The molecule has 0 aromatic carbocycles. The second-order valence-electron chi connectivity index (χ2n) is 3.66. The molecule has 13 heavy (non-hydrogen) atoms. The van der Waals surface area contributed by atoms with E-state index in [-0.39, 0.29) is 0 Å². The van der Waals surface area contributed by atoms with Gasteiger partial charge in [0.2, 0.25) is 0 Å². The Morgan fingerprint density at radius 2 is 2.23 bits per heavy atom. The molecule has 0 aliphatic heterocycles. The summed E-state index contributed by atoms with van der Waals surface area (Å²) in [5.41, 5.74) is 6.76. The fraction of sp³-hybridized carbons (Fsp3) is 0.700. The number of aromatic nitrogens is 2. The SMILES string of the molecule is CC(C)c1cncn1CCCCN. The summed E-state index contributed by atoms with van der Waals surface area (Å²) in [6.45, 7) is 6.21. The van der Waals surface area contributed by atoms with Gasteiger partial charge < -0.3 is 10.3 Å². The predicted octanol–water partition coefficient (Wildman–Crippen LogP) is 1.75. The van der Waals surface area contributed by atoms with Crippen LogP contribution in [0.3, 0.4) is 0 Å². The van der Waals surface area contributed by atoms with Gasteiger partial charge in [-0.1, -0.05) is 13.8 Å². The molecule has 0 saturated carbocycles. The van der Waals surface area contributed by atoms with E-state index in [0.29, 0.717) is 5.92 Å². The van der Waals surface area contributed by atoms with E-state index in [2.05, 4.69) is 23.4 Å². The van der Waals surface area contributed by atoms with Gasteiger partial charge in [0.25, 0.3) is 0 Å². The van der Waals surface area contributed by atoms with E-state index in [1.165, 1.54) is 5.69 Å². The Hall–Kier alpha value is -0.830. The first-order chi connectivity index (χ1) is 6.25. The van der Waals surface area contributed by atoms with E-state index >= 15 is 0 Å². The quantitative estimate of drug-likeness (QED) is 0.703. The molecule has 0 aliphatic rings. The van der Waals surface area contributed by atoms with Crippen LogP contribution in [0.5, 0.6) is 0 Å². The molecule has 0 amide bonds. The van der Waals surface area contributed by atoms with Gasteiger partial charge >= 0.3 is 0 Å². The van der Waals surface area contributed by atoms with Gasteiger partial charge in [-0.3, -0.25) is 0 Å². The van der Waals surface area contributed by atoms with Crippen LogP contribution >= 0.6 is 0 Å². The van der Waals surface area contributed by atoms with Gasteiger partial charge in [-0.05, 0) is 25.3 Å². The highest BCUT2D eigenvalue weighted by Crippen LogP contribution is 2.13. The normalized spacial score (nSPS) is 11.1. The van der Waals surface area contributed by atoms with Crippen LogP contribution in [0.25, 0.3) is 0 Å². The third kappa shape index (κ3) is 2.84. The molecule has 3 heteroatoms. The molecular formula is C10H19N3. The Morgan fingerprint density at radius 1 is 1.46 bits per heavy atom. The van der Waals surface area contributed by atoms with Gasteiger partial charge in [0.1, 0.15) is 0 Å². The standard InChI is InChI=1S/C10H19N3/c1-9(2)10-7-12-8-13(10)6-4-3-5-11/h7-9H,3-6,11H2,1-2H3. The number of unbranched alkanes of at least 4 members (excludes halogenated alkanes) is 1. The molecule has 1 rings (SSSR count). The number of nitrogens with two attached hydrogens (primary N) is 1. The minimum atomic E-state index is 0.556. The molecule has 0 radical (unpaired) electrons. The Kier molecular flexibility index (Phi) is 3.96. The largest absolute Gasteiger partial charge is 0.334 e. The highest BCUT2D eigenvalue weighted by Gasteiger charge is 2.04. The summed E-state index contributed by atoms with van der Waals surface area (Å²) in [6.07, 6.45) is 6.10. The highest BCUT2D eigenvalue weighted by molar-refractivity contribution is 5.03. The van der Waals surface area contributed by atoms with Crippen molar-refractivity contribution in [1.29, 1.82) is 0 Å². The summed E-state index contributed by atoms with van der Waals surface area (Å²) >= 11 is 0. The first-order valence-electron chi connectivity index (χ1n) is 4.95. The number of hydrogen-bond donors (Lipinski definition) is 1. The summed E-state index contributed by atoms with van der Waals surface area (Å²) in [5.74, 6) is 0.556. The number of imidazole rings is 1. The van der Waals surface area contributed by atoms with E-state index < -0.39 is 0 Å². The van der Waals surface area contributed by atoms with Crippen LogP contribution in [0.4, 0.5) is 0 Å². The maximum atomic E-state index is 5.44. The maximum Gasteiger partial charge on any atom is 0.0948 e. The molecule has 1 aromatic rings. The molecule has 1 aromatic heterocycles. The van der Waals surface area contributed by atoms with Crippen molar-refractivity contribution in [2.24, 2.45) is 5.73 Å². The minimum Gasteiger partial charge on any atom is -0.334 e. The fourth-order valence-corrected chi connectivity index (χ4v) is 1.43. The minimum absolute atomic E-state index is 0.556. The number of hydrogen-bond acceptors (Lipinski definition) is 2. The third-order valence-electron chi connectivity index (χ3n) is 2.19. The maximum absolute atomic E-state index is 5.44. The van der Waals surface area contributed by atoms with Crippen molar-refractivity contribution >= 4 is 0 Å². The predicted molar refractivity (Wildman–Crippen MR) is 54.6 cm³/mol. The van der Waals surface area contributed by atoms with Crippen LogP contribution < -0.4 is 5.73 Å². The summed E-state index contributed by atoms with van der Waals surface area (Å²) in [4.78, 5) is 4.15. The zero-order valence-electron chi connectivity index (χ0n) is 8.53. The van der Waals surface area contributed by atoms with E-state index in [1.54, 1.807) is 0 Å². The van der Waals surface area contributed by atoms with Gasteiger partial charge in [0.15, 0.2) is 0 Å². The van der Waals surface area contributed by atoms with Crippen molar-refractivity contribution in [1.82, 2.24) is 9.55 Å². The van der Waals surface area contributed by atoms with E-state index in [0.717, 1.165) is 25.9 Å². The number of aryl methyl sites for hydroxylation is 1. The van der Waals surface area contributed by atoms with Crippen LogP contribution in [-0.2, 0) is 6.54 Å². The van der Waals surface area contributed by atoms with Crippen molar-refractivity contribution in [3.05, 3.63) is 18.2 Å². The molecule has 74 valence electrons. The number of rotatable bonds is 5. The van der Waals surface area contributed by atoms with Gasteiger partial charge in [0, 0.05) is 18.4 Å². The van der Waals surface area contributed by atoms with E-state index in [1.807, 2.05) is 12.5 Å². The molecule has 2 N–H and O–H groups in total. The molecule has 3 nitrogen and oxygen atoms in total. The molecule has 0 atom stereocenters.